The summed E-state index contributed by atoms with van der Waals surface area (Å²) in [6, 6.07) is 18.5. The van der Waals surface area contributed by atoms with E-state index < -0.39 is 0 Å². The molecule has 22 heavy (non-hydrogen) atoms. The van der Waals surface area contributed by atoms with Crippen LogP contribution >= 0.6 is 0 Å². The lowest BCUT2D eigenvalue weighted by Crippen LogP contribution is -2.23. The van der Waals surface area contributed by atoms with Crippen molar-refractivity contribution >= 4 is 5.69 Å². The molecule has 0 amide bonds. The van der Waals surface area contributed by atoms with E-state index in [4.69, 9.17) is 4.42 Å². The van der Waals surface area contributed by atoms with E-state index in [0.717, 1.165) is 31.5 Å². The maximum Gasteiger partial charge on any atom is 0.247 e. The molecule has 1 aliphatic rings. The van der Waals surface area contributed by atoms with Gasteiger partial charge in [-0.3, -0.25) is 0 Å². The van der Waals surface area contributed by atoms with Crippen molar-refractivity contribution in [3.05, 3.63) is 66.1 Å². The Kier molecular flexibility index (Phi) is 3.35. The molecular formula is C18H17N3O. The van der Waals surface area contributed by atoms with Crippen molar-refractivity contribution in [2.24, 2.45) is 0 Å². The molecule has 0 fully saturated rings. The van der Waals surface area contributed by atoms with E-state index in [-0.39, 0.29) is 0 Å². The maximum atomic E-state index is 5.77. The normalized spacial score (nSPS) is 13.4. The quantitative estimate of drug-likeness (QED) is 0.739. The Labute approximate surface area is 129 Å². The van der Waals surface area contributed by atoms with Crippen LogP contribution in [0.4, 0.5) is 5.69 Å². The van der Waals surface area contributed by atoms with Crippen LogP contribution in [0.1, 0.15) is 11.5 Å². The number of hydrogen-bond donors (Lipinski definition) is 0. The van der Waals surface area contributed by atoms with Gasteiger partial charge in [-0.05, 0) is 30.2 Å². The van der Waals surface area contributed by atoms with Gasteiger partial charge in [-0.15, -0.1) is 10.2 Å². The third-order valence-electron chi connectivity index (χ3n) is 4.07. The van der Waals surface area contributed by atoms with Crippen molar-refractivity contribution in [2.75, 3.05) is 18.0 Å². The molecule has 4 heteroatoms. The summed E-state index contributed by atoms with van der Waals surface area (Å²) in [5, 5.41) is 8.31. The number of benzene rings is 2. The molecular weight excluding hydrogens is 274 g/mol. The fourth-order valence-corrected chi connectivity index (χ4v) is 2.92. The summed E-state index contributed by atoms with van der Waals surface area (Å²) < 4.78 is 5.77. The molecule has 0 aliphatic carbocycles. The Balaban J connectivity index is 1.44. The zero-order chi connectivity index (χ0) is 14.8. The Morgan fingerprint density at radius 3 is 2.68 bits per heavy atom. The average Bonchev–Trinajstić information content (AvgIpc) is 3.21. The van der Waals surface area contributed by atoms with Crippen LogP contribution in [0.2, 0.25) is 0 Å². The molecule has 0 atom stereocenters. The van der Waals surface area contributed by atoms with E-state index in [0.29, 0.717) is 11.8 Å². The molecule has 2 heterocycles. The van der Waals surface area contributed by atoms with Gasteiger partial charge in [0.25, 0.3) is 0 Å². The molecule has 2 aromatic carbocycles. The minimum absolute atomic E-state index is 0.595. The Hall–Kier alpha value is -2.62. The highest BCUT2D eigenvalue weighted by atomic mass is 16.4. The lowest BCUT2D eigenvalue weighted by atomic mass is 10.2. The molecule has 0 bridgehead atoms. The van der Waals surface area contributed by atoms with Gasteiger partial charge in [0.05, 0.1) is 0 Å². The average molecular weight is 291 g/mol. The summed E-state index contributed by atoms with van der Waals surface area (Å²) in [4.78, 5) is 2.39. The summed E-state index contributed by atoms with van der Waals surface area (Å²) in [6.07, 6.45) is 1.89. The molecule has 4 rings (SSSR count). The highest BCUT2D eigenvalue weighted by Crippen LogP contribution is 2.27. The molecule has 1 aromatic heterocycles. The van der Waals surface area contributed by atoms with Crippen LogP contribution in [0.25, 0.3) is 11.5 Å². The first-order chi connectivity index (χ1) is 10.9. The second-order valence-electron chi connectivity index (χ2n) is 5.48. The van der Waals surface area contributed by atoms with Gasteiger partial charge in [0.1, 0.15) is 0 Å². The van der Waals surface area contributed by atoms with Crippen LogP contribution < -0.4 is 4.90 Å². The predicted octanol–water partition coefficient (Wildman–Crippen LogP) is 3.34. The second kappa shape index (κ2) is 5.64. The predicted molar refractivity (Wildman–Crippen MR) is 85.8 cm³/mol. The lowest BCUT2D eigenvalue weighted by Gasteiger charge is -2.17. The number of aromatic nitrogens is 2. The number of fused-ring (bicyclic) bond motifs is 1. The molecule has 0 saturated carbocycles. The topological polar surface area (TPSA) is 42.2 Å². The smallest absolute Gasteiger partial charge is 0.247 e. The van der Waals surface area contributed by atoms with Crippen LogP contribution in [0.15, 0.2) is 59.0 Å². The van der Waals surface area contributed by atoms with Gasteiger partial charge in [0.2, 0.25) is 11.8 Å². The number of anilines is 1. The first-order valence-corrected chi connectivity index (χ1v) is 7.61. The highest BCUT2D eigenvalue weighted by Gasteiger charge is 2.18. The fourth-order valence-electron chi connectivity index (χ4n) is 2.92. The van der Waals surface area contributed by atoms with E-state index in [1.165, 1.54) is 11.3 Å². The molecule has 0 spiro atoms. The van der Waals surface area contributed by atoms with Gasteiger partial charge in [-0.25, -0.2) is 0 Å². The third kappa shape index (κ3) is 2.48. The SMILES string of the molecule is c1ccc(-c2nnc(CCN3CCc4ccccc43)o2)cc1. The Bertz CT molecular complexity index is 767. The van der Waals surface area contributed by atoms with Crippen molar-refractivity contribution in [1.82, 2.24) is 10.2 Å². The summed E-state index contributed by atoms with van der Waals surface area (Å²) in [5.41, 5.74) is 3.73. The minimum atomic E-state index is 0.595. The number of nitrogens with zero attached hydrogens (tertiary/aromatic N) is 3. The summed E-state index contributed by atoms with van der Waals surface area (Å²) in [5.74, 6) is 1.29. The molecule has 0 saturated heterocycles. The first-order valence-electron chi connectivity index (χ1n) is 7.61. The van der Waals surface area contributed by atoms with E-state index in [9.17, 15) is 0 Å². The van der Waals surface area contributed by atoms with E-state index in [1.54, 1.807) is 0 Å². The molecule has 0 N–H and O–H groups in total. The summed E-state index contributed by atoms with van der Waals surface area (Å²) in [6.45, 7) is 1.98. The van der Waals surface area contributed by atoms with Crippen molar-refractivity contribution in [1.29, 1.82) is 0 Å². The number of rotatable bonds is 4. The molecule has 0 radical (unpaired) electrons. The minimum Gasteiger partial charge on any atom is -0.421 e. The van der Waals surface area contributed by atoms with Gasteiger partial charge in [0.15, 0.2) is 0 Å². The van der Waals surface area contributed by atoms with E-state index >= 15 is 0 Å². The van der Waals surface area contributed by atoms with Gasteiger partial charge in [0, 0.05) is 30.8 Å². The Morgan fingerprint density at radius 1 is 0.955 bits per heavy atom. The van der Waals surface area contributed by atoms with E-state index in [1.807, 2.05) is 30.3 Å². The zero-order valence-electron chi connectivity index (χ0n) is 12.3. The van der Waals surface area contributed by atoms with Crippen molar-refractivity contribution in [3.8, 4) is 11.5 Å². The number of para-hydroxylation sites is 1. The lowest BCUT2D eigenvalue weighted by molar-refractivity contribution is 0.504. The largest absolute Gasteiger partial charge is 0.421 e. The van der Waals surface area contributed by atoms with Crippen LogP contribution in [0, 0.1) is 0 Å². The fraction of sp³-hybridized carbons (Fsp3) is 0.222. The number of hydrogen-bond acceptors (Lipinski definition) is 4. The van der Waals surface area contributed by atoms with Crippen LogP contribution in [0.3, 0.4) is 0 Å². The molecule has 110 valence electrons. The second-order valence-corrected chi connectivity index (χ2v) is 5.48. The zero-order valence-corrected chi connectivity index (χ0v) is 12.3. The van der Waals surface area contributed by atoms with Gasteiger partial charge >= 0.3 is 0 Å². The molecule has 1 aliphatic heterocycles. The van der Waals surface area contributed by atoms with Crippen LogP contribution in [-0.4, -0.2) is 23.3 Å². The van der Waals surface area contributed by atoms with Gasteiger partial charge in [-0.1, -0.05) is 36.4 Å². The van der Waals surface area contributed by atoms with Crippen molar-refractivity contribution in [2.45, 2.75) is 12.8 Å². The van der Waals surface area contributed by atoms with Crippen molar-refractivity contribution < 1.29 is 4.42 Å². The molecule has 4 nitrogen and oxygen atoms in total. The monoisotopic (exact) mass is 291 g/mol. The first kappa shape index (κ1) is 13.1. The standard InChI is InChI=1S/C18H17N3O/c1-2-7-15(8-3-1)18-20-19-17(22-18)11-13-21-12-10-14-6-4-5-9-16(14)21/h1-9H,10-13H2. The van der Waals surface area contributed by atoms with Gasteiger partial charge < -0.3 is 9.32 Å². The summed E-state index contributed by atoms with van der Waals surface area (Å²) in [7, 11) is 0. The van der Waals surface area contributed by atoms with Crippen LogP contribution in [0.5, 0.6) is 0 Å². The maximum absolute atomic E-state index is 5.77. The van der Waals surface area contributed by atoms with Crippen molar-refractivity contribution in [3.63, 3.8) is 0 Å². The highest BCUT2D eigenvalue weighted by molar-refractivity contribution is 5.57. The van der Waals surface area contributed by atoms with Gasteiger partial charge in [-0.2, -0.15) is 0 Å². The Morgan fingerprint density at radius 2 is 1.77 bits per heavy atom. The molecule has 0 unspecified atom stereocenters. The van der Waals surface area contributed by atoms with E-state index in [2.05, 4.69) is 39.4 Å². The molecule has 3 aromatic rings. The van der Waals surface area contributed by atoms with Crippen LogP contribution in [-0.2, 0) is 12.8 Å². The third-order valence-corrected chi connectivity index (χ3v) is 4.07. The summed E-state index contributed by atoms with van der Waals surface area (Å²) >= 11 is 0.